The summed E-state index contributed by atoms with van der Waals surface area (Å²) < 4.78 is 7.51. The lowest BCUT2D eigenvalue weighted by molar-refractivity contribution is 0.425. The van der Waals surface area contributed by atoms with Crippen LogP contribution in [-0.4, -0.2) is 9.55 Å². The van der Waals surface area contributed by atoms with E-state index in [-0.39, 0.29) is 6.04 Å². The smallest absolute Gasteiger partial charge is 0.123 e. The third-order valence-electron chi connectivity index (χ3n) is 3.42. The number of furan rings is 1. The molecule has 0 bridgehead atoms. The number of rotatable bonds is 4. The van der Waals surface area contributed by atoms with Crippen molar-refractivity contribution in [3.8, 4) is 0 Å². The average molecular weight is 255 g/mol. The number of hydrogen-bond donors (Lipinski definition) is 1. The van der Waals surface area contributed by atoms with Crippen LogP contribution in [0.5, 0.6) is 0 Å². The van der Waals surface area contributed by atoms with Gasteiger partial charge in [0.2, 0.25) is 0 Å². The van der Waals surface area contributed by atoms with Gasteiger partial charge in [-0.1, -0.05) is 12.1 Å². The maximum atomic E-state index is 5.38. The van der Waals surface area contributed by atoms with Crippen molar-refractivity contribution in [1.82, 2.24) is 14.9 Å². The van der Waals surface area contributed by atoms with Crippen molar-refractivity contribution in [3.05, 3.63) is 54.2 Å². The van der Waals surface area contributed by atoms with Crippen molar-refractivity contribution in [3.63, 3.8) is 0 Å². The van der Waals surface area contributed by atoms with Crippen LogP contribution < -0.4 is 5.32 Å². The fraction of sp³-hybridized carbons (Fsp3) is 0.267. The molecule has 1 atom stereocenters. The number of aryl methyl sites for hydroxylation is 1. The van der Waals surface area contributed by atoms with E-state index >= 15 is 0 Å². The van der Waals surface area contributed by atoms with Gasteiger partial charge >= 0.3 is 0 Å². The Morgan fingerprint density at radius 3 is 2.84 bits per heavy atom. The highest BCUT2D eigenvalue weighted by Gasteiger charge is 2.11. The van der Waals surface area contributed by atoms with Crippen molar-refractivity contribution in [1.29, 1.82) is 0 Å². The molecular formula is C15H17N3O. The topological polar surface area (TPSA) is 43.0 Å². The fourth-order valence-electron chi connectivity index (χ4n) is 2.24. The highest BCUT2D eigenvalue weighted by atomic mass is 16.3. The van der Waals surface area contributed by atoms with Crippen LogP contribution in [0.2, 0.25) is 0 Å². The zero-order chi connectivity index (χ0) is 13.2. The molecule has 0 aliphatic heterocycles. The van der Waals surface area contributed by atoms with Gasteiger partial charge in [0.05, 0.1) is 29.9 Å². The molecule has 4 heteroatoms. The standard InChI is InChI=1S/C15H17N3O/c1-11(14-8-5-9-19-14)16-10-15-17-12-6-3-4-7-13(12)18(15)2/h3-9,11,16H,10H2,1-2H3. The van der Waals surface area contributed by atoms with E-state index in [9.17, 15) is 0 Å². The van der Waals surface area contributed by atoms with Gasteiger partial charge in [0.1, 0.15) is 11.6 Å². The Hall–Kier alpha value is -2.07. The first-order valence-corrected chi connectivity index (χ1v) is 6.43. The molecule has 1 aromatic carbocycles. The number of hydrogen-bond acceptors (Lipinski definition) is 3. The molecule has 4 nitrogen and oxygen atoms in total. The van der Waals surface area contributed by atoms with Crippen LogP contribution in [0.1, 0.15) is 24.6 Å². The van der Waals surface area contributed by atoms with Crippen LogP contribution >= 0.6 is 0 Å². The molecule has 19 heavy (non-hydrogen) atoms. The van der Waals surface area contributed by atoms with Crippen molar-refractivity contribution >= 4 is 11.0 Å². The minimum atomic E-state index is 0.176. The van der Waals surface area contributed by atoms with E-state index in [0.29, 0.717) is 6.54 Å². The molecule has 0 amide bonds. The number of aromatic nitrogens is 2. The lowest BCUT2D eigenvalue weighted by Crippen LogP contribution is -2.19. The Morgan fingerprint density at radius 2 is 2.11 bits per heavy atom. The molecule has 3 rings (SSSR count). The lowest BCUT2D eigenvalue weighted by atomic mass is 10.2. The van der Waals surface area contributed by atoms with Gasteiger partial charge in [-0.2, -0.15) is 0 Å². The number of nitrogens with zero attached hydrogens (tertiary/aromatic N) is 2. The van der Waals surface area contributed by atoms with Crippen molar-refractivity contribution in [2.24, 2.45) is 7.05 Å². The zero-order valence-electron chi connectivity index (χ0n) is 11.1. The second-order valence-corrected chi connectivity index (χ2v) is 4.69. The monoisotopic (exact) mass is 255 g/mol. The molecule has 3 aromatic rings. The molecule has 0 saturated heterocycles. The molecule has 1 N–H and O–H groups in total. The maximum Gasteiger partial charge on any atom is 0.123 e. The van der Waals surface area contributed by atoms with E-state index in [1.807, 2.05) is 37.4 Å². The molecule has 2 aromatic heterocycles. The molecule has 1 unspecified atom stereocenters. The van der Waals surface area contributed by atoms with Gasteiger partial charge in [-0.15, -0.1) is 0 Å². The summed E-state index contributed by atoms with van der Waals surface area (Å²) in [5.41, 5.74) is 2.19. The Balaban J connectivity index is 1.77. The van der Waals surface area contributed by atoms with E-state index in [0.717, 1.165) is 22.6 Å². The quantitative estimate of drug-likeness (QED) is 0.779. The molecule has 0 fully saturated rings. The second kappa shape index (κ2) is 4.90. The van der Waals surface area contributed by atoms with E-state index in [4.69, 9.17) is 4.42 Å². The van der Waals surface area contributed by atoms with Crippen LogP contribution in [0.25, 0.3) is 11.0 Å². The van der Waals surface area contributed by atoms with Gasteiger partial charge in [-0.25, -0.2) is 4.98 Å². The first-order valence-electron chi connectivity index (χ1n) is 6.43. The van der Waals surface area contributed by atoms with E-state index in [1.165, 1.54) is 0 Å². The number of para-hydroxylation sites is 2. The summed E-state index contributed by atoms with van der Waals surface area (Å²) in [7, 11) is 2.05. The number of nitrogens with one attached hydrogen (secondary N) is 1. The van der Waals surface area contributed by atoms with Crippen molar-refractivity contribution in [2.75, 3.05) is 0 Å². The minimum absolute atomic E-state index is 0.176. The summed E-state index contributed by atoms with van der Waals surface area (Å²) >= 11 is 0. The first-order chi connectivity index (χ1) is 9.25. The fourth-order valence-corrected chi connectivity index (χ4v) is 2.24. The molecule has 0 spiro atoms. The Kier molecular flexibility index (Phi) is 3.09. The summed E-state index contributed by atoms with van der Waals surface area (Å²) in [6, 6.07) is 12.2. The predicted molar refractivity (Wildman–Crippen MR) is 74.7 cm³/mol. The molecule has 0 radical (unpaired) electrons. The summed E-state index contributed by atoms with van der Waals surface area (Å²) in [5.74, 6) is 1.97. The maximum absolute atomic E-state index is 5.38. The van der Waals surface area contributed by atoms with E-state index in [1.54, 1.807) is 6.26 Å². The Labute approximate surface area is 112 Å². The molecule has 2 heterocycles. The first kappa shape index (κ1) is 12.0. The summed E-state index contributed by atoms with van der Waals surface area (Å²) in [6.45, 7) is 2.80. The highest BCUT2D eigenvalue weighted by molar-refractivity contribution is 5.75. The normalized spacial score (nSPS) is 12.9. The highest BCUT2D eigenvalue weighted by Crippen LogP contribution is 2.16. The predicted octanol–water partition coefficient (Wildman–Crippen LogP) is 3.02. The largest absolute Gasteiger partial charge is 0.468 e. The van der Waals surface area contributed by atoms with E-state index < -0.39 is 0 Å². The van der Waals surface area contributed by atoms with Crippen LogP contribution in [0, 0.1) is 0 Å². The summed E-state index contributed by atoms with van der Waals surface area (Å²) in [5, 5.41) is 3.43. The van der Waals surface area contributed by atoms with Gasteiger partial charge in [-0.3, -0.25) is 0 Å². The van der Waals surface area contributed by atoms with Gasteiger partial charge in [-0.05, 0) is 31.2 Å². The Morgan fingerprint density at radius 1 is 1.26 bits per heavy atom. The van der Waals surface area contributed by atoms with Crippen LogP contribution in [0.4, 0.5) is 0 Å². The van der Waals surface area contributed by atoms with Crippen molar-refractivity contribution in [2.45, 2.75) is 19.5 Å². The minimum Gasteiger partial charge on any atom is -0.468 e. The Bertz CT molecular complexity index is 670. The second-order valence-electron chi connectivity index (χ2n) is 4.69. The summed E-state index contributed by atoms with van der Waals surface area (Å²) in [6.07, 6.45) is 1.70. The van der Waals surface area contributed by atoms with Crippen LogP contribution in [0.15, 0.2) is 47.1 Å². The summed E-state index contributed by atoms with van der Waals surface area (Å²) in [4.78, 5) is 4.64. The third-order valence-corrected chi connectivity index (χ3v) is 3.42. The van der Waals surface area contributed by atoms with Gasteiger partial charge in [0, 0.05) is 7.05 Å². The molecule has 0 aliphatic carbocycles. The average Bonchev–Trinajstić information content (AvgIpc) is 3.05. The van der Waals surface area contributed by atoms with Gasteiger partial charge in [0.15, 0.2) is 0 Å². The SMILES string of the molecule is CC(NCc1nc2ccccc2n1C)c1ccco1. The number of imidazole rings is 1. The molecular weight excluding hydrogens is 238 g/mol. The van der Waals surface area contributed by atoms with Crippen LogP contribution in [-0.2, 0) is 13.6 Å². The molecule has 98 valence electrons. The third kappa shape index (κ3) is 2.27. The van der Waals surface area contributed by atoms with E-state index in [2.05, 4.69) is 27.9 Å². The van der Waals surface area contributed by atoms with Crippen molar-refractivity contribution < 1.29 is 4.42 Å². The van der Waals surface area contributed by atoms with Gasteiger partial charge in [0.25, 0.3) is 0 Å². The number of fused-ring (bicyclic) bond motifs is 1. The molecule has 0 saturated carbocycles. The lowest BCUT2D eigenvalue weighted by Gasteiger charge is -2.10. The van der Waals surface area contributed by atoms with Gasteiger partial charge < -0.3 is 14.3 Å². The number of benzene rings is 1. The molecule has 0 aliphatic rings. The zero-order valence-corrected chi connectivity index (χ0v) is 11.1. The van der Waals surface area contributed by atoms with Crippen LogP contribution in [0.3, 0.4) is 0 Å².